The molecule has 0 saturated heterocycles. The second kappa shape index (κ2) is 12.2. The van der Waals surface area contributed by atoms with E-state index in [0.29, 0.717) is 5.92 Å². The van der Waals surface area contributed by atoms with Crippen LogP contribution in [0.15, 0.2) is 72.8 Å². The van der Waals surface area contributed by atoms with Crippen molar-refractivity contribution in [2.24, 2.45) is 5.92 Å². The summed E-state index contributed by atoms with van der Waals surface area (Å²) in [5.41, 5.74) is 11.3. The van der Waals surface area contributed by atoms with Crippen LogP contribution in [0, 0.1) is 18.1 Å². The minimum atomic E-state index is 0.177. The summed E-state index contributed by atoms with van der Waals surface area (Å²) in [5, 5.41) is 0. The average molecular weight is 566 g/mol. The molecule has 1 heteroatoms. The van der Waals surface area contributed by atoms with Crippen LogP contribution in [0.2, 0.25) is 0 Å². The van der Waals surface area contributed by atoms with Crippen molar-refractivity contribution in [1.29, 1.82) is 0 Å². The molecule has 2 aliphatic carbocycles. The van der Waals surface area contributed by atoms with Gasteiger partial charge in [-0.1, -0.05) is 119 Å². The van der Waals surface area contributed by atoms with Gasteiger partial charge in [0.25, 0.3) is 0 Å². The van der Waals surface area contributed by atoms with E-state index in [0.717, 1.165) is 6.42 Å². The summed E-state index contributed by atoms with van der Waals surface area (Å²) in [5.74, 6) is 0.472. The van der Waals surface area contributed by atoms with Gasteiger partial charge in [0, 0.05) is 0 Å². The standard InChI is InChI=1S/C21H25.C12H11.C3H6.Zr/c1-20(2,3)16-9-7-14-11-15-8-10-17(21(4,5)6)13-19(15)18(14)12-16;1-10-7-8-12(9-10)11-5-3-2-4-6-11;1-3-2;/h7,9-10,12-13H,11H2,1-6H3;2-6,8-10H,1H3;1-2H3;/q2*-1;;+2. The molecule has 0 nitrogen and oxygen atoms in total. The van der Waals surface area contributed by atoms with E-state index in [1.807, 2.05) is 6.07 Å². The van der Waals surface area contributed by atoms with Gasteiger partial charge in [-0.3, -0.25) is 6.08 Å². The van der Waals surface area contributed by atoms with Gasteiger partial charge in [-0.25, -0.2) is 6.08 Å². The Morgan fingerprint density at radius 1 is 0.838 bits per heavy atom. The minimum absolute atomic E-state index is 0.177. The molecule has 0 aromatic heterocycles. The van der Waals surface area contributed by atoms with Crippen LogP contribution in [-0.2, 0) is 41.5 Å². The quantitative estimate of drug-likeness (QED) is 0.202. The van der Waals surface area contributed by atoms with Crippen molar-refractivity contribution in [3.8, 4) is 11.1 Å². The molecule has 0 saturated carbocycles. The first-order chi connectivity index (χ1) is 17.3. The first-order valence-corrected chi connectivity index (χ1v) is 14.6. The van der Waals surface area contributed by atoms with Crippen molar-refractivity contribution < 1.29 is 24.2 Å². The number of fused-ring (bicyclic) bond motifs is 3. The Labute approximate surface area is 241 Å². The topological polar surface area (TPSA) is 0 Å². The van der Waals surface area contributed by atoms with Crippen LogP contribution >= 0.6 is 0 Å². The van der Waals surface area contributed by atoms with Gasteiger partial charge in [-0.15, -0.1) is 11.1 Å². The number of rotatable bonds is 1. The van der Waals surface area contributed by atoms with Gasteiger partial charge in [-0.2, -0.15) is 41.0 Å². The molecule has 0 bridgehead atoms. The van der Waals surface area contributed by atoms with E-state index >= 15 is 0 Å². The van der Waals surface area contributed by atoms with Crippen molar-refractivity contribution in [2.45, 2.75) is 79.6 Å². The predicted octanol–water partition coefficient (Wildman–Crippen LogP) is 9.48. The second-order valence-corrected chi connectivity index (χ2v) is 14.9. The maximum absolute atomic E-state index is 3.53. The van der Waals surface area contributed by atoms with Gasteiger partial charge < -0.3 is 0 Å². The third-order valence-electron chi connectivity index (χ3n) is 6.56. The molecule has 0 spiro atoms. The fourth-order valence-corrected chi connectivity index (χ4v) is 4.38. The van der Waals surface area contributed by atoms with E-state index in [1.165, 1.54) is 47.7 Å². The van der Waals surface area contributed by atoms with Crippen molar-refractivity contribution in [3.05, 3.63) is 113 Å². The van der Waals surface area contributed by atoms with Gasteiger partial charge >= 0.3 is 41.3 Å². The van der Waals surface area contributed by atoms with Gasteiger partial charge in [0.15, 0.2) is 0 Å². The van der Waals surface area contributed by atoms with Crippen LogP contribution in [-0.4, -0.2) is 3.21 Å². The number of hydrogen-bond donors (Lipinski definition) is 0. The van der Waals surface area contributed by atoms with Gasteiger partial charge in [0.1, 0.15) is 0 Å². The Morgan fingerprint density at radius 2 is 1.43 bits per heavy atom. The third-order valence-corrected chi connectivity index (χ3v) is 6.56. The molecule has 0 amide bonds. The maximum atomic E-state index is 3.53. The molecule has 1 atom stereocenters. The van der Waals surface area contributed by atoms with Gasteiger partial charge in [0.2, 0.25) is 0 Å². The van der Waals surface area contributed by atoms with Crippen LogP contribution in [0.25, 0.3) is 16.7 Å². The zero-order valence-electron chi connectivity index (χ0n) is 24.2. The molecule has 0 aliphatic heterocycles. The summed E-state index contributed by atoms with van der Waals surface area (Å²) < 4.78 is 1.51. The third kappa shape index (κ3) is 8.19. The predicted molar refractivity (Wildman–Crippen MR) is 159 cm³/mol. The molecule has 0 heterocycles. The normalized spacial score (nSPS) is 15.5. The number of hydrogen-bond acceptors (Lipinski definition) is 0. The molecule has 3 aromatic carbocycles. The number of allylic oxidation sites excluding steroid dienone is 4. The first kappa shape index (κ1) is 29.4. The molecule has 0 N–H and O–H groups in total. The van der Waals surface area contributed by atoms with Crippen LogP contribution in [0.3, 0.4) is 0 Å². The van der Waals surface area contributed by atoms with E-state index in [4.69, 9.17) is 0 Å². The van der Waals surface area contributed by atoms with E-state index in [9.17, 15) is 0 Å². The fourth-order valence-electron chi connectivity index (χ4n) is 4.38. The zero-order chi connectivity index (χ0) is 27.4. The fraction of sp³-hybridized carbons (Fsp3) is 0.361. The van der Waals surface area contributed by atoms with Crippen molar-refractivity contribution in [3.63, 3.8) is 0 Å². The summed E-state index contributed by atoms with van der Waals surface area (Å²) in [6, 6.07) is 25.5. The summed E-state index contributed by atoms with van der Waals surface area (Å²) in [6.45, 7) is 20.0. The Hall–Kier alpha value is -2.11. The average Bonchev–Trinajstić information content (AvgIpc) is 3.41. The van der Waals surface area contributed by atoms with Crippen LogP contribution in [0.5, 0.6) is 0 Å². The van der Waals surface area contributed by atoms with Crippen molar-refractivity contribution >= 4 is 8.78 Å². The Kier molecular flexibility index (Phi) is 9.69. The zero-order valence-corrected chi connectivity index (χ0v) is 26.7. The van der Waals surface area contributed by atoms with E-state index < -0.39 is 0 Å². The second-order valence-electron chi connectivity index (χ2n) is 12.4. The van der Waals surface area contributed by atoms with Crippen LogP contribution < -0.4 is 0 Å². The molecule has 2 aliphatic rings. The molecular weight excluding hydrogens is 524 g/mol. The van der Waals surface area contributed by atoms with E-state index in [-0.39, 0.29) is 10.8 Å². The molecule has 190 valence electrons. The molecule has 3 aromatic rings. The van der Waals surface area contributed by atoms with Gasteiger partial charge in [-0.05, 0) is 17.4 Å². The van der Waals surface area contributed by atoms with Crippen molar-refractivity contribution in [2.75, 3.05) is 0 Å². The number of benzene rings is 3. The molecule has 0 radical (unpaired) electrons. The Balaban J connectivity index is 0.000000200. The SMILES string of the molecule is CC(C)(C)c1c[c-]c2c(c1)-c1cc(C(C)(C)C)ccc1C2.CC1[C-]=CC(c2ccccc2)=C1.C[C](C)=[Zr+2]. The Bertz CT molecular complexity index is 1230. The van der Waals surface area contributed by atoms with Crippen LogP contribution in [0.1, 0.15) is 90.1 Å². The monoisotopic (exact) mass is 564 g/mol. The van der Waals surface area contributed by atoms with Crippen LogP contribution in [0.4, 0.5) is 0 Å². The molecule has 0 fully saturated rings. The summed E-state index contributed by atoms with van der Waals surface area (Å²) in [6.07, 6.45) is 8.58. The first-order valence-electron chi connectivity index (χ1n) is 13.3. The summed E-state index contributed by atoms with van der Waals surface area (Å²) in [4.78, 5) is 0. The molecule has 37 heavy (non-hydrogen) atoms. The molecule has 1 unspecified atom stereocenters. The van der Waals surface area contributed by atoms with E-state index in [2.05, 4.69) is 141 Å². The Morgan fingerprint density at radius 3 is 1.97 bits per heavy atom. The molecule has 5 rings (SSSR count). The summed E-state index contributed by atoms with van der Waals surface area (Å²) in [7, 11) is 0. The molecular formula is C36H42Zr. The van der Waals surface area contributed by atoms with Crippen molar-refractivity contribution in [1.82, 2.24) is 0 Å². The summed E-state index contributed by atoms with van der Waals surface area (Å²) >= 11 is 1.55. The van der Waals surface area contributed by atoms with Gasteiger partial charge in [0.05, 0.1) is 0 Å². The van der Waals surface area contributed by atoms with E-state index in [1.54, 1.807) is 24.2 Å².